The lowest BCUT2D eigenvalue weighted by Gasteiger charge is -2.36. The first-order valence-corrected chi connectivity index (χ1v) is 13.6. The Balaban J connectivity index is 1.45. The first-order chi connectivity index (χ1) is 19.8. The van der Waals surface area contributed by atoms with E-state index in [-0.39, 0.29) is 19.0 Å². The molecule has 0 amide bonds. The standard InChI is InChI=1S/C35H30O6/c1-34(2,3)41-33(38)35(40-21-36,31-28-18-10-8-14-24(28)25-15-9-11-19-29(25)31)32(37)39-20-30-26-16-6-4-12-22(26)23-13-5-7-17-27(23)30/h4-19,21,30-31H,20H2,1-3H3. The third-order valence-corrected chi connectivity index (χ3v) is 7.82. The van der Waals surface area contributed by atoms with Gasteiger partial charge in [-0.1, -0.05) is 97.1 Å². The van der Waals surface area contributed by atoms with E-state index in [2.05, 4.69) is 0 Å². The monoisotopic (exact) mass is 546 g/mol. The van der Waals surface area contributed by atoms with Crippen molar-refractivity contribution in [1.82, 2.24) is 0 Å². The van der Waals surface area contributed by atoms with Crippen molar-refractivity contribution in [2.24, 2.45) is 0 Å². The van der Waals surface area contributed by atoms with Gasteiger partial charge in [-0.15, -0.1) is 0 Å². The van der Waals surface area contributed by atoms with E-state index >= 15 is 0 Å². The van der Waals surface area contributed by atoms with E-state index in [1.54, 1.807) is 20.8 Å². The Kier molecular flexibility index (Phi) is 6.49. The minimum absolute atomic E-state index is 0.0460. The van der Waals surface area contributed by atoms with Gasteiger partial charge in [0.25, 0.3) is 6.47 Å². The van der Waals surface area contributed by atoms with Gasteiger partial charge in [-0.05, 0) is 65.3 Å². The molecule has 0 saturated carbocycles. The van der Waals surface area contributed by atoms with E-state index in [4.69, 9.17) is 14.2 Å². The number of benzene rings is 4. The van der Waals surface area contributed by atoms with E-state index in [1.807, 2.05) is 97.1 Å². The molecule has 206 valence electrons. The predicted octanol–water partition coefficient (Wildman–Crippen LogP) is 6.41. The van der Waals surface area contributed by atoms with Gasteiger partial charge < -0.3 is 14.2 Å². The van der Waals surface area contributed by atoms with Gasteiger partial charge in [0.15, 0.2) is 0 Å². The maximum absolute atomic E-state index is 14.4. The maximum Gasteiger partial charge on any atom is 0.364 e. The molecule has 2 aliphatic carbocycles. The molecular formula is C35H30O6. The highest BCUT2D eigenvalue weighted by Gasteiger charge is 2.62. The number of ether oxygens (including phenoxy) is 3. The number of fused-ring (bicyclic) bond motifs is 6. The molecule has 0 radical (unpaired) electrons. The summed E-state index contributed by atoms with van der Waals surface area (Å²) in [4.78, 5) is 40.6. The normalized spacial score (nSPS) is 15.1. The molecular weight excluding hydrogens is 516 g/mol. The maximum atomic E-state index is 14.4. The van der Waals surface area contributed by atoms with Crippen molar-refractivity contribution in [1.29, 1.82) is 0 Å². The van der Waals surface area contributed by atoms with Crippen LogP contribution in [0.4, 0.5) is 0 Å². The van der Waals surface area contributed by atoms with Gasteiger partial charge in [-0.25, -0.2) is 9.59 Å². The van der Waals surface area contributed by atoms with E-state index < -0.39 is 29.1 Å². The number of rotatable bonds is 7. The average Bonchev–Trinajstić information content (AvgIpc) is 3.47. The van der Waals surface area contributed by atoms with Gasteiger partial charge in [-0.2, -0.15) is 0 Å². The molecule has 0 bridgehead atoms. The van der Waals surface area contributed by atoms with Crippen molar-refractivity contribution < 1.29 is 28.6 Å². The molecule has 1 unspecified atom stereocenters. The van der Waals surface area contributed by atoms with Crippen LogP contribution in [-0.4, -0.2) is 36.2 Å². The number of carbonyl (C=O) groups is 3. The van der Waals surface area contributed by atoms with Crippen LogP contribution in [0.3, 0.4) is 0 Å². The van der Waals surface area contributed by atoms with Crippen molar-refractivity contribution in [2.45, 2.75) is 43.8 Å². The van der Waals surface area contributed by atoms with Crippen LogP contribution in [0.25, 0.3) is 22.3 Å². The zero-order valence-corrected chi connectivity index (χ0v) is 23.1. The predicted molar refractivity (Wildman–Crippen MR) is 154 cm³/mol. The average molecular weight is 547 g/mol. The van der Waals surface area contributed by atoms with Crippen molar-refractivity contribution in [3.63, 3.8) is 0 Å². The second-order valence-corrected chi connectivity index (χ2v) is 11.4. The van der Waals surface area contributed by atoms with Crippen LogP contribution in [-0.2, 0) is 28.6 Å². The molecule has 0 saturated heterocycles. The van der Waals surface area contributed by atoms with E-state index in [1.165, 1.54) is 0 Å². The summed E-state index contributed by atoms with van der Waals surface area (Å²) in [6.07, 6.45) is 0. The Bertz CT molecular complexity index is 1570. The van der Waals surface area contributed by atoms with Crippen LogP contribution in [0.2, 0.25) is 0 Å². The second-order valence-electron chi connectivity index (χ2n) is 11.4. The Morgan fingerprint density at radius 2 is 1.07 bits per heavy atom. The lowest BCUT2D eigenvalue weighted by Crippen LogP contribution is -2.57. The molecule has 4 aromatic rings. The van der Waals surface area contributed by atoms with E-state index in [9.17, 15) is 14.4 Å². The summed E-state index contributed by atoms with van der Waals surface area (Å²) in [5.41, 5.74) is 3.88. The largest absolute Gasteiger partial charge is 0.461 e. The van der Waals surface area contributed by atoms with Crippen LogP contribution in [0.5, 0.6) is 0 Å². The number of esters is 2. The number of hydrogen-bond donors (Lipinski definition) is 0. The lowest BCUT2D eigenvalue weighted by atomic mass is 9.79. The fourth-order valence-electron chi connectivity index (χ4n) is 6.21. The van der Waals surface area contributed by atoms with Crippen LogP contribution in [0.1, 0.15) is 54.9 Å². The molecule has 0 aliphatic heterocycles. The molecule has 6 heteroatoms. The highest BCUT2D eigenvalue weighted by atomic mass is 16.6. The SMILES string of the molecule is CC(C)(C)OC(=O)C(OC=O)(C(=O)OCC1c2ccccc2-c2ccccc21)C1c2ccccc2-c2ccccc21. The van der Waals surface area contributed by atoms with Gasteiger partial charge in [0.05, 0.1) is 5.92 Å². The van der Waals surface area contributed by atoms with Gasteiger partial charge in [0, 0.05) is 5.92 Å². The molecule has 2 aliphatic rings. The highest BCUT2D eigenvalue weighted by Crippen LogP contribution is 2.52. The van der Waals surface area contributed by atoms with E-state index in [0.29, 0.717) is 11.1 Å². The fourth-order valence-corrected chi connectivity index (χ4v) is 6.21. The molecule has 41 heavy (non-hydrogen) atoms. The summed E-state index contributed by atoms with van der Waals surface area (Å²) in [6, 6.07) is 30.9. The summed E-state index contributed by atoms with van der Waals surface area (Å²) < 4.78 is 17.4. The van der Waals surface area contributed by atoms with Gasteiger partial charge in [-0.3, -0.25) is 4.79 Å². The van der Waals surface area contributed by atoms with Gasteiger partial charge >= 0.3 is 17.5 Å². The van der Waals surface area contributed by atoms with Crippen LogP contribution >= 0.6 is 0 Å². The molecule has 0 aromatic heterocycles. The molecule has 6 rings (SSSR count). The summed E-state index contributed by atoms with van der Waals surface area (Å²) >= 11 is 0. The Morgan fingerprint density at radius 1 is 0.659 bits per heavy atom. The minimum Gasteiger partial charge on any atom is -0.461 e. The topological polar surface area (TPSA) is 78.9 Å². The van der Waals surface area contributed by atoms with Crippen LogP contribution in [0.15, 0.2) is 97.1 Å². The van der Waals surface area contributed by atoms with Gasteiger partial charge in [0.1, 0.15) is 12.2 Å². The Morgan fingerprint density at radius 3 is 1.51 bits per heavy atom. The van der Waals surface area contributed by atoms with Crippen LogP contribution < -0.4 is 0 Å². The minimum atomic E-state index is -2.41. The molecule has 0 fully saturated rings. The third kappa shape index (κ3) is 4.31. The van der Waals surface area contributed by atoms with Crippen molar-refractivity contribution in [2.75, 3.05) is 6.61 Å². The molecule has 0 N–H and O–H groups in total. The fraction of sp³-hybridized carbons (Fsp3) is 0.229. The number of carbonyl (C=O) groups excluding carboxylic acids is 3. The molecule has 6 nitrogen and oxygen atoms in total. The molecule has 0 heterocycles. The first-order valence-electron chi connectivity index (χ1n) is 13.6. The van der Waals surface area contributed by atoms with Crippen molar-refractivity contribution in [3.8, 4) is 22.3 Å². The second kappa shape index (κ2) is 10.0. The van der Waals surface area contributed by atoms with Gasteiger partial charge in [0.2, 0.25) is 0 Å². The Labute approximate surface area is 238 Å². The molecule has 0 spiro atoms. The van der Waals surface area contributed by atoms with Crippen LogP contribution in [0, 0.1) is 0 Å². The Hall–Kier alpha value is -4.71. The summed E-state index contributed by atoms with van der Waals surface area (Å²) in [7, 11) is 0. The smallest absolute Gasteiger partial charge is 0.364 e. The molecule has 1 atom stereocenters. The summed E-state index contributed by atoms with van der Waals surface area (Å²) in [5.74, 6) is -3.17. The summed E-state index contributed by atoms with van der Waals surface area (Å²) in [5, 5.41) is 0. The zero-order valence-electron chi connectivity index (χ0n) is 23.1. The summed E-state index contributed by atoms with van der Waals surface area (Å²) in [6.45, 7) is 5.19. The molecule has 4 aromatic carbocycles. The van der Waals surface area contributed by atoms with Crippen molar-refractivity contribution >= 4 is 18.4 Å². The quantitative estimate of drug-likeness (QED) is 0.115. The highest BCUT2D eigenvalue weighted by molar-refractivity contribution is 6.08. The van der Waals surface area contributed by atoms with Crippen molar-refractivity contribution in [3.05, 3.63) is 119 Å². The van der Waals surface area contributed by atoms with E-state index in [0.717, 1.165) is 33.4 Å². The lowest BCUT2D eigenvalue weighted by molar-refractivity contribution is -0.199. The zero-order chi connectivity index (χ0) is 28.8. The first kappa shape index (κ1) is 26.5. The number of hydrogen-bond acceptors (Lipinski definition) is 6. The third-order valence-electron chi connectivity index (χ3n) is 7.82.